The molecule has 0 fully saturated rings. The van der Waals surface area contributed by atoms with E-state index in [1.165, 1.54) is 16.7 Å². The number of fused-ring (bicyclic) bond motifs is 1. The first kappa shape index (κ1) is 25.8. The third-order valence-corrected chi connectivity index (χ3v) is 7.28. The van der Waals surface area contributed by atoms with Gasteiger partial charge >= 0.3 is 0 Å². The van der Waals surface area contributed by atoms with E-state index < -0.39 is 0 Å². The van der Waals surface area contributed by atoms with Gasteiger partial charge in [-0.1, -0.05) is 55.3 Å². The number of benzene rings is 2. The Kier molecular flexibility index (Phi) is 7.69. The molecule has 7 nitrogen and oxygen atoms in total. The number of hydrogen-bond acceptors (Lipinski definition) is 5. The fourth-order valence-electron chi connectivity index (χ4n) is 4.78. The third kappa shape index (κ3) is 5.57. The van der Waals surface area contributed by atoms with Crippen molar-refractivity contribution in [3.63, 3.8) is 0 Å². The molecule has 0 aliphatic heterocycles. The molecule has 0 aliphatic rings. The van der Waals surface area contributed by atoms with Crippen molar-refractivity contribution in [2.24, 2.45) is 0 Å². The Morgan fingerprint density at radius 1 is 1.06 bits per heavy atom. The molecular formula is C29H38N6O. The molecule has 7 heteroatoms. The van der Waals surface area contributed by atoms with E-state index >= 15 is 0 Å². The molecule has 0 saturated heterocycles. The molecule has 0 saturated carbocycles. The lowest BCUT2D eigenvalue weighted by Gasteiger charge is -2.33. The molecule has 0 radical (unpaired) electrons. The summed E-state index contributed by atoms with van der Waals surface area (Å²) < 4.78 is 1.97. The number of aryl methyl sites for hydroxylation is 2. The van der Waals surface area contributed by atoms with Gasteiger partial charge in [-0.25, -0.2) is 4.68 Å². The summed E-state index contributed by atoms with van der Waals surface area (Å²) in [6, 6.07) is 16.7. The average molecular weight is 487 g/mol. The standard InChI is InChI=1S/C29H38N6O/c1-7-26(27-31-32-33-35(27)29(5,6)8-2)34(15-14-22-11-9-10-20(3)16-22)19-24-18-23-17-21(4)12-13-25(23)30-28(24)36/h9-13,16-18,26H,7-8,14-15,19H2,1-6H3,(H,30,36). The molecule has 2 aromatic carbocycles. The molecule has 4 rings (SSSR count). The first-order chi connectivity index (χ1) is 17.2. The molecule has 4 aromatic rings. The number of aromatic amines is 1. The van der Waals surface area contributed by atoms with Crippen LogP contribution >= 0.6 is 0 Å². The van der Waals surface area contributed by atoms with Gasteiger partial charge in [-0.2, -0.15) is 0 Å². The van der Waals surface area contributed by atoms with Crippen molar-refractivity contribution < 1.29 is 0 Å². The van der Waals surface area contributed by atoms with Crippen molar-refractivity contribution in [2.45, 2.75) is 78.9 Å². The van der Waals surface area contributed by atoms with Crippen molar-refractivity contribution in [1.29, 1.82) is 0 Å². The number of pyridine rings is 1. The molecular weight excluding hydrogens is 448 g/mol. The molecule has 0 aliphatic carbocycles. The van der Waals surface area contributed by atoms with Gasteiger partial charge in [0, 0.05) is 24.2 Å². The third-order valence-electron chi connectivity index (χ3n) is 7.28. The number of tetrazole rings is 1. The highest BCUT2D eigenvalue weighted by Gasteiger charge is 2.31. The van der Waals surface area contributed by atoms with Crippen LogP contribution in [-0.2, 0) is 18.5 Å². The fourth-order valence-corrected chi connectivity index (χ4v) is 4.78. The van der Waals surface area contributed by atoms with Gasteiger partial charge in [0.1, 0.15) is 0 Å². The quantitative estimate of drug-likeness (QED) is 0.321. The van der Waals surface area contributed by atoms with Crippen LogP contribution in [0.4, 0.5) is 0 Å². The minimum atomic E-state index is -0.202. The van der Waals surface area contributed by atoms with E-state index in [4.69, 9.17) is 0 Å². The lowest BCUT2D eigenvalue weighted by atomic mass is 10.0. The van der Waals surface area contributed by atoms with Crippen LogP contribution in [-0.4, -0.2) is 36.6 Å². The van der Waals surface area contributed by atoms with Gasteiger partial charge in [0.05, 0.1) is 11.6 Å². The van der Waals surface area contributed by atoms with Crippen LogP contribution in [0.5, 0.6) is 0 Å². The normalized spacial score (nSPS) is 13.0. The zero-order chi connectivity index (χ0) is 25.9. The minimum Gasteiger partial charge on any atom is -0.322 e. The first-order valence-electron chi connectivity index (χ1n) is 12.9. The van der Waals surface area contributed by atoms with Gasteiger partial charge in [0.15, 0.2) is 5.82 Å². The highest BCUT2D eigenvalue weighted by molar-refractivity contribution is 5.79. The summed E-state index contributed by atoms with van der Waals surface area (Å²) in [5, 5.41) is 14.0. The van der Waals surface area contributed by atoms with Crippen LogP contribution in [0.25, 0.3) is 10.9 Å². The van der Waals surface area contributed by atoms with Gasteiger partial charge in [-0.15, -0.1) is 5.10 Å². The maximum atomic E-state index is 13.1. The zero-order valence-corrected chi connectivity index (χ0v) is 22.4. The van der Waals surface area contributed by atoms with Crippen molar-refractivity contribution in [1.82, 2.24) is 30.1 Å². The second-order valence-corrected chi connectivity index (χ2v) is 10.5. The van der Waals surface area contributed by atoms with Crippen molar-refractivity contribution in [3.8, 4) is 0 Å². The molecule has 1 N–H and O–H groups in total. The van der Waals surface area contributed by atoms with Gasteiger partial charge in [0.25, 0.3) is 5.56 Å². The van der Waals surface area contributed by atoms with Crippen molar-refractivity contribution >= 4 is 10.9 Å². The largest absolute Gasteiger partial charge is 0.322 e. The number of hydrogen-bond donors (Lipinski definition) is 1. The molecule has 1 atom stereocenters. The summed E-state index contributed by atoms with van der Waals surface area (Å²) in [5.74, 6) is 0.849. The highest BCUT2D eigenvalue weighted by atomic mass is 16.1. The Labute approximate surface area is 213 Å². The van der Waals surface area contributed by atoms with E-state index in [1.54, 1.807) is 0 Å². The second kappa shape index (κ2) is 10.7. The molecule has 2 aromatic heterocycles. The smallest absolute Gasteiger partial charge is 0.252 e. The first-order valence-corrected chi connectivity index (χ1v) is 12.9. The van der Waals surface area contributed by atoms with E-state index in [1.807, 2.05) is 22.9 Å². The number of H-pyrrole nitrogens is 1. The molecule has 0 amide bonds. The van der Waals surface area contributed by atoms with E-state index in [-0.39, 0.29) is 17.1 Å². The number of nitrogens with zero attached hydrogens (tertiary/aromatic N) is 5. The van der Waals surface area contributed by atoms with Crippen molar-refractivity contribution in [2.75, 3.05) is 6.54 Å². The predicted octanol–water partition coefficient (Wildman–Crippen LogP) is 5.47. The second-order valence-electron chi connectivity index (χ2n) is 10.5. The van der Waals surface area contributed by atoms with E-state index in [2.05, 4.69) is 97.3 Å². The Morgan fingerprint density at radius 3 is 2.56 bits per heavy atom. The van der Waals surface area contributed by atoms with Crippen LogP contribution in [0, 0.1) is 13.8 Å². The number of rotatable bonds is 10. The van der Waals surface area contributed by atoms with Gasteiger partial charge < -0.3 is 4.98 Å². The monoisotopic (exact) mass is 486 g/mol. The number of nitrogens with one attached hydrogen (secondary N) is 1. The molecule has 0 spiro atoms. The zero-order valence-electron chi connectivity index (χ0n) is 22.4. The van der Waals surface area contributed by atoms with Gasteiger partial charge in [0.2, 0.25) is 0 Å². The molecule has 0 bridgehead atoms. The molecule has 36 heavy (non-hydrogen) atoms. The Bertz CT molecular complexity index is 1390. The van der Waals surface area contributed by atoms with E-state index in [0.29, 0.717) is 6.54 Å². The fraction of sp³-hybridized carbons (Fsp3) is 0.448. The minimum absolute atomic E-state index is 0.0248. The summed E-state index contributed by atoms with van der Waals surface area (Å²) >= 11 is 0. The molecule has 2 heterocycles. The summed E-state index contributed by atoms with van der Waals surface area (Å²) in [6.07, 6.45) is 2.62. The summed E-state index contributed by atoms with van der Waals surface area (Å²) in [4.78, 5) is 18.6. The topological polar surface area (TPSA) is 79.7 Å². The van der Waals surface area contributed by atoms with Gasteiger partial charge in [-0.05, 0) is 86.5 Å². The van der Waals surface area contributed by atoms with Crippen LogP contribution in [0.2, 0.25) is 0 Å². The summed E-state index contributed by atoms with van der Waals surface area (Å²) in [7, 11) is 0. The van der Waals surface area contributed by atoms with E-state index in [0.717, 1.165) is 48.1 Å². The van der Waals surface area contributed by atoms with Crippen molar-refractivity contribution in [3.05, 3.63) is 87.0 Å². The van der Waals surface area contributed by atoms with Gasteiger partial charge in [-0.3, -0.25) is 9.69 Å². The Hall–Kier alpha value is -3.32. The summed E-state index contributed by atoms with van der Waals surface area (Å²) in [5.41, 5.74) is 5.07. The van der Waals surface area contributed by atoms with Crippen LogP contribution in [0.15, 0.2) is 53.3 Å². The molecule has 1 unspecified atom stereocenters. The Morgan fingerprint density at radius 2 is 1.83 bits per heavy atom. The van der Waals surface area contributed by atoms with Crippen LogP contribution < -0.4 is 5.56 Å². The maximum absolute atomic E-state index is 13.1. The van der Waals surface area contributed by atoms with Crippen LogP contribution in [0.1, 0.15) is 74.7 Å². The SMILES string of the molecule is CCC(c1nnnn1C(C)(C)CC)N(CCc1cccc(C)c1)Cc1cc2cc(C)ccc2[nH]c1=O. The predicted molar refractivity (Wildman–Crippen MR) is 145 cm³/mol. The highest BCUT2D eigenvalue weighted by Crippen LogP contribution is 2.29. The maximum Gasteiger partial charge on any atom is 0.252 e. The number of aromatic nitrogens is 5. The lowest BCUT2D eigenvalue weighted by Crippen LogP contribution is -2.37. The lowest BCUT2D eigenvalue weighted by molar-refractivity contribution is 0.160. The average Bonchev–Trinajstić information content (AvgIpc) is 3.34. The van der Waals surface area contributed by atoms with Crippen LogP contribution in [0.3, 0.4) is 0 Å². The Balaban J connectivity index is 1.73. The molecule has 190 valence electrons. The van der Waals surface area contributed by atoms with E-state index in [9.17, 15) is 4.79 Å². The summed E-state index contributed by atoms with van der Waals surface area (Å²) in [6.45, 7) is 14.1.